The second kappa shape index (κ2) is 5.63. The highest BCUT2D eigenvalue weighted by atomic mass is 32.1. The maximum atomic E-state index is 12.9. The van der Waals surface area contributed by atoms with Gasteiger partial charge in [-0.3, -0.25) is 9.20 Å². The Balaban J connectivity index is 1.59. The van der Waals surface area contributed by atoms with Gasteiger partial charge < -0.3 is 9.64 Å². The number of ether oxygens (including phenoxy) is 1. The molecular weight excluding hydrogens is 322 g/mol. The van der Waals surface area contributed by atoms with E-state index in [0.717, 1.165) is 27.7 Å². The summed E-state index contributed by atoms with van der Waals surface area (Å²) in [5.41, 5.74) is 3.03. The zero-order chi connectivity index (χ0) is 16.8. The lowest BCUT2D eigenvalue weighted by molar-refractivity contribution is -0.132. The second-order valence-electron chi connectivity index (χ2n) is 6.23. The molecule has 2 aromatic heterocycles. The highest BCUT2D eigenvalue weighted by Gasteiger charge is 2.32. The summed E-state index contributed by atoms with van der Waals surface area (Å²) in [6, 6.07) is 7.78. The summed E-state index contributed by atoms with van der Waals surface area (Å²) in [4.78, 5) is 21.5. The number of carbonyl (C=O) groups is 1. The van der Waals surface area contributed by atoms with Gasteiger partial charge in [-0.25, -0.2) is 4.98 Å². The molecule has 1 aliphatic heterocycles. The summed E-state index contributed by atoms with van der Waals surface area (Å²) in [6.07, 6.45) is 2.08. The third-order valence-electron chi connectivity index (χ3n) is 4.50. The fraction of sp³-hybridized carbons (Fsp3) is 0.333. The number of nitrogens with zero attached hydrogens (tertiary/aromatic N) is 3. The van der Waals surface area contributed by atoms with E-state index >= 15 is 0 Å². The minimum Gasteiger partial charge on any atom is -0.492 e. The molecule has 6 heteroatoms. The van der Waals surface area contributed by atoms with Crippen LogP contribution < -0.4 is 4.74 Å². The zero-order valence-electron chi connectivity index (χ0n) is 13.9. The van der Waals surface area contributed by atoms with Crippen LogP contribution in [-0.4, -0.2) is 33.8 Å². The number of rotatable bonds is 3. The first-order valence-corrected chi connectivity index (χ1v) is 8.77. The minimum absolute atomic E-state index is 0.0845. The lowest BCUT2D eigenvalue weighted by Crippen LogP contribution is -2.32. The fourth-order valence-electron chi connectivity index (χ4n) is 3.24. The van der Waals surface area contributed by atoms with Gasteiger partial charge in [0.25, 0.3) is 0 Å². The standard InChI is InChI=1S/C18H19N3O2S/c1-11-8-21-15(12(2)19-18(21)24-11)9-20(3)17(22)14-10-23-16-7-5-4-6-13(14)16/h4-8,14H,9-10H2,1-3H3/t14-/m0/s1. The van der Waals surface area contributed by atoms with Crippen LogP contribution in [0.3, 0.4) is 0 Å². The third-order valence-corrected chi connectivity index (χ3v) is 5.40. The van der Waals surface area contributed by atoms with Crippen molar-refractivity contribution in [2.75, 3.05) is 13.7 Å². The summed E-state index contributed by atoms with van der Waals surface area (Å²) in [5, 5.41) is 0. The number of imidazole rings is 1. The summed E-state index contributed by atoms with van der Waals surface area (Å²) >= 11 is 1.67. The largest absolute Gasteiger partial charge is 0.492 e. The number of fused-ring (bicyclic) bond motifs is 2. The van der Waals surface area contributed by atoms with E-state index in [1.54, 1.807) is 16.2 Å². The summed E-state index contributed by atoms with van der Waals surface area (Å²) in [5.74, 6) is 0.681. The number of hydrogen-bond donors (Lipinski definition) is 0. The van der Waals surface area contributed by atoms with Gasteiger partial charge in [0, 0.05) is 23.7 Å². The van der Waals surface area contributed by atoms with Crippen LogP contribution in [0.5, 0.6) is 5.75 Å². The number of para-hydroxylation sites is 1. The van der Waals surface area contributed by atoms with Crippen molar-refractivity contribution in [1.29, 1.82) is 0 Å². The number of amides is 1. The van der Waals surface area contributed by atoms with Gasteiger partial charge in [0.15, 0.2) is 4.96 Å². The van der Waals surface area contributed by atoms with Gasteiger partial charge in [-0.05, 0) is 19.9 Å². The number of benzene rings is 1. The van der Waals surface area contributed by atoms with Gasteiger partial charge in [0.05, 0.1) is 17.9 Å². The van der Waals surface area contributed by atoms with E-state index in [-0.39, 0.29) is 11.8 Å². The molecule has 1 amide bonds. The molecule has 4 rings (SSSR count). The van der Waals surface area contributed by atoms with Crippen LogP contribution in [-0.2, 0) is 11.3 Å². The van der Waals surface area contributed by atoms with Crippen molar-refractivity contribution in [2.45, 2.75) is 26.3 Å². The molecule has 0 saturated carbocycles. The summed E-state index contributed by atoms with van der Waals surface area (Å²) in [6.45, 7) is 5.03. The molecule has 0 bridgehead atoms. The van der Waals surface area contributed by atoms with Gasteiger partial charge in [-0.2, -0.15) is 0 Å². The minimum atomic E-state index is -0.223. The lowest BCUT2D eigenvalue weighted by atomic mass is 10.00. The smallest absolute Gasteiger partial charge is 0.233 e. The maximum absolute atomic E-state index is 12.9. The van der Waals surface area contributed by atoms with Crippen LogP contribution in [0.4, 0.5) is 0 Å². The highest BCUT2D eigenvalue weighted by Crippen LogP contribution is 2.34. The van der Waals surface area contributed by atoms with Gasteiger partial charge in [0.2, 0.25) is 5.91 Å². The molecule has 3 heterocycles. The molecule has 3 aromatic rings. The third kappa shape index (κ3) is 2.38. The normalized spacial score (nSPS) is 16.2. The van der Waals surface area contributed by atoms with Crippen molar-refractivity contribution in [3.05, 3.63) is 52.3 Å². The molecule has 0 radical (unpaired) electrons. The van der Waals surface area contributed by atoms with Gasteiger partial charge in [-0.1, -0.05) is 18.2 Å². The molecule has 124 valence electrons. The maximum Gasteiger partial charge on any atom is 0.233 e. The molecule has 0 aliphatic carbocycles. The number of aryl methyl sites for hydroxylation is 2. The van der Waals surface area contributed by atoms with Crippen LogP contribution in [0.25, 0.3) is 4.96 Å². The first-order chi connectivity index (χ1) is 11.5. The van der Waals surface area contributed by atoms with Crippen molar-refractivity contribution in [1.82, 2.24) is 14.3 Å². The van der Waals surface area contributed by atoms with Gasteiger partial charge in [-0.15, -0.1) is 11.3 Å². The number of likely N-dealkylation sites (N-methyl/N-ethyl adjacent to an activating group) is 1. The Bertz CT molecular complexity index is 928. The summed E-state index contributed by atoms with van der Waals surface area (Å²) < 4.78 is 7.75. The molecule has 24 heavy (non-hydrogen) atoms. The van der Waals surface area contributed by atoms with Crippen LogP contribution in [0.15, 0.2) is 30.5 Å². The predicted molar refractivity (Wildman–Crippen MR) is 93.7 cm³/mol. The van der Waals surface area contributed by atoms with Gasteiger partial charge >= 0.3 is 0 Å². The topological polar surface area (TPSA) is 46.8 Å². The zero-order valence-corrected chi connectivity index (χ0v) is 14.8. The quantitative estimate of drug-likeness (QED) is 0.735. The van der Waals surface area contributed by atoms with Crippen LogP contribution in [0.2, 0.25) is 0 Å². The molecule has 1 aromatic carbocycles. The number of thiazole rings is 1. The Morgan fingerprint density at radius 2 is 2.21 bits per heavy atom. The molecule has 1 aliphatic rings. The van der Waals surface area contributed by atoms with Gasteiger partial charge in [0.1, 0.15) is 18.3 Å². The van der Waals surface area contributed by atoms with E-state index in [0.29, 0.717) is 13.2 Å². The Morgan fingerprint density at radius 1 is 1.42 bits per heavy atom. The molecule has 0 N–H and O–H groups in total. The van der Waals surface area contributed by atoms with E-state index in [1.165, 1.54) is 4.88 Å². The van der Waals surface area contributed by atoms with Crippen molar-refractivity contribution >= 4 is 22.2 Å². The number of carbonyl (C=O) groups excluding carboxylic acids is 1. The SMILES string of the molecule is Cc1cn2c(CN(C)C(=O)[C@H]3COc4ccccc43)c(C)nc2s1. The Kier molecular flexibility index (Phi) is 3.57. The van der Waals surface area contributed by atoms with Crippen molar-refractivity contribution in [3.63, 3.8) is 0 Å². The number of hydrogen-bond acceptors (Lipinski definition) is 4. The van der Waals surface area contributed by atoms with E-state index in [9.17, 15) is 4.79 Å². The van der Waals surface area contributed by atoms with Crippen molar-refractivity contribution in [2.24, 2.45) is 0 Å². The fourth-order valence-corrected chi connectivity index (χ4v) is 4.13. The molecule has 0 spiro atoms. The molecular formula is C18H19N3O2S. The van der Waals surface area contributed by atoms with E-state index in [4.69, 9.17) is 4.74 Å². The first-order valence-electron chi connectivity index (χ1n) is 7.95. The first kappa shape index (κ1) is 15.2. The molecule has 0 unspecified atom stereocenters. The van der Waals surface area contributed by atoms with Crippen molar-refractivity contribution in [3.8, 4) is 5.75 Å². The van der Waals surface area contributed by atoms with Crippen LogP contribution in [0, 0.1) is 13.8 Å². The Morgan fingerprint density at radius 3 is 3.04 bits per heavy atom. The second-order valence-corrected chi connectivity index (χ2v) is 7.45. The highest BCUT2D eigenvalue weighted by molar-refractivity contribution is 7.17. The average Bonchev–Trinajstić information content (AvgIpc) is 3.21. The van der Waals surface area contributed by atoms with E-state index < -0.39 is 0 Å². The Hall–Kier alpha value is -2.34. The Labute approximate surface area is 144 Å². The van der Waals surface area contributed by atoms with E-state index in [2.05, 4.69) is 22.5 Å². The molecule has 1 atom stereocenters. The van der Waals surface area contributed by atoms with Crippen LogP contribution >= 0.6 is 11.3 Å². The lowest BCUT2D eigenvalue weighted by Gasteiger charge is -2.20. The molecule has 0 saturated heterocycles. The van der Waals surface area contributed by atoms with Crippen molar-refractivity contribution < 1.29 is 9.53 Å². The summed E-state index contributed by atoms with van der Waals surface area (Å²) in [7, 11) is 1.85. The van der Waals surface area contributed by atoms with E-state index in [1.807, 2.05) is 38.2 Å². The average molecular weight is 341 g/mol. The molecule has 0 fully saturated rings. The predicted octanol–water partition coefficient (Wildman–Crippen LogP) is 3.15. The number of aromatic nitrogens is 2. The molecule has 5 nitrogen and oxygen atoms in total. The monoisotopic (exact) mass is 341 g/mol. The van der Waals surface area contributed by atoms with Crippen LogP contribution in [0.1, 0.15) is 27.7 Å².